The number of methoxy groups -OCH3 is 1. The molecule has 2 N–H and O–H groups in total. The van der Waals surface area contributed by atoms with Crippen LogP contribution in [0.5, 0.6) is 11.5 Å². The van der Waals surface area contributed by atoms with Crippen molar-refractivity contribution in [3.63, 3.8) is 0 Å². The van der Waals surface area contributed by atoms with Gasteiger partial charge >= 0.3 is 0 Å². The Morgan fingerprint density at radius 3 is 2.81 bits per heavy atom. The molecule has 8 nitrogen and oxygen atoms in total. The Kier molecular flexibility index (Phi) is 7.95. The third-order valence-electron chi connectivity index (χ3n) is 4.97. The quantitative estimate of drug-likeness (QED) is 0.452. The van der Waals surface area contributed by atoms with E-state index in [1.165, 1.54) is 7.11 Å². The van der Waals surface area contributed by atoms with Gasteiger partial charge in [-0.15, -0.1) is 0 Å². The molecule has 1 fully saturated rings. The van der Waals surface area contributed by atoms with Gasteiger partial charge in [-0.05, 0) is 37.5 Å². The van der Waals surface area contributed by atoms with E-state index in [4.69, 9.17) is 9.47 Å². The van der Waals surface area contributed by atoms with Crippen molar-refractivity contribution in [3.05, 3.63) is 34.1 Å². The molecule has 0 atom stereocenters. The predicted molar refractivity (Wildman–Crippen MR) is 118 cm³/mol. The Balaban J connectivity index is 1.83. The fourth-order valence-corrected chi connectivity index (χ4v) is 4.12. The van der Waals surface area contributed by atoms with Crippen LogP contribution < -0.4 is 20.3 Å². The Morgan fingerprint density at radius 1 is 1.35 bits per heavy atom. The van der Waals surface area contributed by atoms with Crippen molar-refractivity contribution in [1.29, 1.82) is 5.26 Å². The number of rotatable bonds is 9. The molecule has 1 amide bonds. The van der Waals surface area contributed by atoms with E-state index in [2.05, 4.69) is 15.3 Å². The number of aromatic amines is 1. The van der Waals surface area contributed by atoms with Crippen LogP contribution in [0.15, 0.2) is 28.2 Å². The summed E-state index contributed by atoms with van der Waals surface area (Å²) in [5.74, 6) is 1.11. The van der Waals surface area contributed by atoms with Crippen molar-refractivity contribution in [2.24, 2.45) is 0 Å². The molecular formula is C22H26N4O4S. The van der Waals surface area contributed by atoms with E-state index in [0.717, 1.165) is 43.9 Å². The monoisotopic (exact) mass is 442 g/mol. The zero-order chi connectivity index (χ0) is 22.2. The van der Waals surface area contributed by atoms with Gasteiger partial charge in [0.25, 0.3) is 5.56 Å². The first-order valence-corrected chi connectivity index (χ1v) is 11.3. The molecule has 1 heterocycles. The summed E-state index contributed by atoms with van der Waals surface area (Å²) < 4.78 is 11.1. The molecule has 1 aliphatic carbocycles. The molecule has 0 aliphatic heterocycles. The highest BCUT2D eigenvalue weighted by atomic mass is 32.2. The van der Waals surface area contributed by atoms with Crippen molar-refractivity contribution in [3.8, 4) is 28.8 Å². The summed E-state index contributed by atoms with van der Waals surface area (Å²) in [4.78, 5) is 31.7. The van der Waals surface area contributed by atoms with Crippen molar-refractivity contribution in [2.75, 3.05) is 19.5 Å². The molecule has 164 valence electrons. The minimum Gasteiger partial charge on any atom is -0.493 e. The second kappa shape index (κ2) is 10.9. The normalized spacial score (nSPS) is 13.6. The number of nitrogens with zero attached hydrogens (tertiary/aromatic N) is 2. The van der Waals surface area contributed by atoms with Gasteiger partial charge in [0.1, 0.15) is 11.6 Å². The number of aromatic nitrogens is 2. The number of benzene rings is 1. The minimum absolute atomic E-state index is 0.0930. The van der Waals surface area contributed by atoms with Gasteiger partial charge in [0.05, 0.1) is 25.2 Å². The summed E-state index contributed by atoms with van der Waals surface area (Å²) in [6.07, 6.45) is 5.14. The van der Waals surface area contributed by atoms with Gasteiger partial charge in [0.15, 0.2) is 16.7 Å². The van der Waals surface area contributed by atoms with Gasteiger partial charge in [-0.2, -0.15) is 5.26 Å². The number of carbonyl (C=O) groups is 1. The molecule has 0 spiro atoms. The van der Waals surface area contributed by atoms with Crippen LogP contribution in [-0.4, -0.2) is 41.4 Å². The number of amides is 1. The Hall–Kier alpha value is -2.99. The number of H-pyrrole nitrogens is 1. The highest BCUT2D eigenvalue weighted by molar-refractivity contribution is 7.99. The molecule has 9 heteroatoms. The molecule has 2 aromatic rings. The molecule has 1 aromatic carbocycles. The fraction of sp³-hybridized carbons (Fsp3) is 0.455. The summed E-state index contributed by atoms with van der Waals surface area (Å²) in [5, 5.41) is 12.8. The number of carbonyl (C=O) groups excluding carboxylic acids is 1. The molecule has 0 unspecified atom stereocenters. The Morgan fingerprint density at radius 2 is 2.13 bits per heavy atom. The molecule has 0 saturated heterocycles. The van der Waals surface area contributed by atoms with Crippen LogP contribution in [0.3, 0.4) is 0 Å². The standard InChI is InChI=1S/C22H26N4O4S/c1-3-10-30-17-9-8-14(11-18(17)29-2)20-16(12-23)21(28)26-22(25-20)31-13-19(27)24-15-6-4-5-7-15/h8-9,11,15H,3-7,10,13H2,1-2H3,(H,24,27)(H,25,26,28). The van der Waals surface area contributed by atoms with Gasteiger partial charge in [0.2, 0.25) is 5.91 Å². The van der Waals surface area contributed by atoms with Crippen molar-refractivity contribution >= 4 is 17.7 Å². The van der Waals surface area contributed by atoms with Gasteiger partial charge in [-0.3, -0.25) is 9.59 Å². The first kappa shape index (κ1) is 22.7. The first-order chi connectivity index (χ1) is 15.0. The SMILES string of the molecule is CCCOc1ccc(-c2nc(SCC(=O)NC3CCCC3)[nH]c(=O)c2C#N)cc1OC. The lowest BCUT2D eigenvalue weighted by Crippen LogP contribution is -2.33. The van der Waals surface area contributed by atoms with Crippen LogP contribution in [0.1, 0.15) is 44.6 Å². The van der Waals surface area contributed by atoms with Crippen molar-refractivity contribution in [1.82, 2.24) is 15.3 Å². The van der Waals surface area contributed by atoms with Crippen molar-refractivity contribution in [2.45, 2.75) is 50.2 Å². The second-order valence-corrected chi connectivity index (χ2v) is 8.22. The number of nitriles is 1. The highest BCUT2D eigenvalue weighted by Gasteiger charge is 2.19. The topological polar surface area (TPSA) is 117 Å². The largest absolute Gasteiger partial charge is 0.493 e. The summed E-state index contributed by atoms with van der Waals surface area (Å²) in [6.45, 7) is 2.56. The van der Waals surface area contributed by atoms with E-state index >= 15 is 0 Å². The van der Waals surface area contributed by atoms with E-state index in [1.807, 2.05) is 13.0 Å². The summed E-state index contributed by atoms with van der Waals surface area (Å²) in [7, 11) is 1.53. The van der Waals surface area contributed by atoms with E-state index in [9.17, 15) is 14.9 Å². The van der Waals surface area contributed by atoms with Gasteiger partial charge < -0.3 is 19.8 Å². The van der Waals surface area contributed by atoms with Crippen LogP contribution in [0.2, 0.25) is 0 Å². The molecular weight excluding hydrogens is 416 g/mol. The van der Waals surface area contributed by atoms with Gasteiger partial charge in [-0.1, -0.05) is 31.5 Å². The maximum atomic E-state index is 12.5. The lowest BCUT2D eigenvalue weighted by molar-refractivity contribution is -0.119. The number of ether oxygens (including phenoxy) is 2. The maximum Gasteiger partial charge on any atom is 0.270 e. The summed E-state index contributed by atoms with van der Waals surface area (Å²) >= 11 is 1.13. The lowest BCUT2D eigenvalue weighted by Gasteiger charge is -2.13. The van der Waals surface area contributed by atoms with Crippen molar-refractivity contribution < 1.29 is 14.3 Å². The van der Waals surface area contributed by atoms with Crippen LogP contribution >= 0.6 is 11.8 Å². The average Bonchev–Trinajstić information content (AvgIpc) is 3.28. The minimum atomic E-state index is -0.545. The van der Waals surface area contributed by atoms with Gasteiger partial charge in [0, 0.05) is 11.6 Å². The smallest absolute Gasteiger partial charge is 0.270 e. The average molecular weight is 443 g/mol. The number of nitrogens with one attached hydrogen (secondary N) is 2. The van der Waals surface area contributed by atoms with E-state index in [1.54, 1.807) is 18.2 Å². The predicted octanol–water partition coefficient (Wildman–Crippen LogP) is 3.26. The van der Waals surface area contributed by atoms with Crippen LogP contribution in [0, 0.1) is 11.3 Å². The third-order valence-corrected chi connectivity index (χ3v) is 5.84. The summed E-state index contributed by atoms with van der Waals surface area (Å²) in [5.41, 5.74) is 0.159. The third kappa shape index (κ3) is 5.79. The van der Waals surface area contributed by atoms with E-state index < -0.39 is 5.56 Å². The fourth-order valence-electron chi connectivity index (χ4n) is 3.45. The van der Waals surface area contributed by atoms with Crippen LogP contribution in [0.25, 0.3) is 11.3 Å². The lowest BCUT2D eigenvalue weighted by atomic mass is 10.1. The Labute approximate surface area is 185 Å². The second-order valence-electron chi connectivity index (χ2n) is 7.26. The van der Waals surface area contributed by atoms with E-state index in [0.29, 0.717) is 23.7 Å². The molecule has 0 radical (unpaired) electrons. The Bertz CT molecular complexity index is 1030. The van der Waals surface area contributed by atoms with Gasteiger partial charge in [-0.25, -0.2) is 4.98 Å². The molecule has 31 heavy (non-hydrogen) atoms. The highest BCUT2D eigenvalue weighted by Crippen LogP contribution is 2.33. The molecule has 0 bridgehead atoms. The molecule has 1 aromatic heterocycles. The maximum absolute atomic E-state index is 12.5. The number of hydrogen-bond acceptors (Lipinski definition) is 7. The van der Waals surface area contributed by atoms with Crippen LogP contribution in [0.4, 0.5) is 0 Å². The zero-order valence-electron chi connectivity index (χ0n) is 17.7. The zero-order valence-corrected chi connectivity index (χ0v) is 18.5. The first-order valence-electron chi connectivity index (χ1n) is 10.3. The van der Waals surface area contributed by atoms with Crippen LogP contribution in [-0.2, 0) is 4.79 Å². The molecule has 3 rings (SSSR count). The number of hydrogen-bond donors (Lipinski definition) is 2. The molecule has 1 saturated carbocycles. The molecule has 1 aliphatic rings. The summed E-state index contributed by atoms with van der Waals surface area (Å²) in [6, 6.07) is 7.31. The number of thioether (sulfide) groups is 1. The van der Waals surface area contributed by atoms with E-state index in [-0.39, 0.29) is 34.1 Å².